The van der Waals surface area contributed by atoms with Gasteiger partial charge in [0.25, 0.3) is 11.5 Å². The number of fused-ring (bicyclic) bond motifs is 2. The summed E-state index contributed by atoms with van der Waals surface area (Å²) in [6.07, 6.45) is -4.09. The molecule has 43 heavy (non-hydrogen) atoms. The third-order valence-electron chi connectivity index (χ3n) is 7.76. The number of amides is 1. The summed E-state index contributed by atoms with van der Waals surface area (Å²) >= 11 is 11.6. The fraction of sp³-hybridized carbons (Fsp3) is 0.241. The number of carbonyl (C=O) groups excluding carboxylic acids is 1. The van der Waals surface area contributed by atoms with E-state index in [-0.39, 0.29) is 18.0 Å². The summed E-state index contributed by atoms with van der Waals surface area (Å²) in [6.45, 7) is 3.87. The van der Waals surface area contributed by atoms with Crippen molar-refractivity contribution >= 4 is 52.9 Å². The van der Waals surface area contributed by atoms with Crippen molar-refractivity contribution in [3.05, 3.63) is 105 Å². The lowest BCUT2D eigenvalue weighted by Gasteiger charge is -2.29. The van der Waals surface area contributed by atoms with Crippen LogP contribution in [0.25, 0.3) is 5.52 Å². The van der Waals surface area contributed by atoms with Crippen molar-refractivity contribution < 1.29 is 36.9 Å². The molecule has 2 aromatic heterocycles. The first-order valence-electron chi connectivity index (χ1n) is 13.1. The Kier molecular flexibility index (Phi) is 7.04. The van der Waals surface area contributed by atoms with Gasteiger partial charge in [-0.15, -0.1) is 0 Å². The van der Waals surface area contributed by atoms with Gasteiger partial charge in [0.15, 0.2) is 5.82 Å². The molecule has 0 bridgehead atoms. The van der Waals surface area contributed by atoms with Gasteiger partial charge in [-0.05, 0) is 66.8 Å². The normalized spacial score (nSPS) is 19.4. The fourth-order valence-electron chi connectivity index (χ4n) is 5.53. The Morgan fingerprint density at radius 1 is 1.14 bits per heavy atom. The molecule has 0 fully saturated rings. The van der Waals surface area contributed by atoms with Crippen LogP contribution in [0.3, 0.4) is 0 Å². The molecule has 6 rings (SSSR count). The smallest absolute Gasteiger partial charge is 0.423 e. The summed E-state index contributed by atoms with van der Waals surface area (Å²) in [5, 5.41) is 15.6. The molecule has 2 N–H and O–H groups in total. The Labute approximate surface area is 253 Å². The molecule has 1 atom stereocenters. The van der Waals surface area contributed by atoms with Crippen LogP contribution in [-0.2, 0) is 27.2 Å². The molecular weight excluding hydrogens is 612 g/mol. The maximum Gasteiger partial charge on any atom is 0.492 e. The number of aromatic nitrogens is 1. The van der Waals surface area contributed by atoms with E-state index in [1.807, 2.05) is 19.9 Å². The highest BCUT2D eigenvalue weighted by molar-refractivity contribution is 6.61. The van der Waals surface area contributed by atoms with E-state index < -0.39 is 58.3 Å². The van der Waals surface area contributed by atoms with Crippen molar-refractivity contribution in [3.63, 3.8) is 0 Å². The van der Waals surface area contributed by atoms with Crippen LogP contribution in [0.2, 0.25) is 10.0 Å². The van der Waals surface area contributed by atoms with Gasteiger partial charge >= 0.3 is 13.3 Å². The monoisotopic (exact) mass is 633 g/mol. The molecule has 2 aliphatic heterocycles. The molecule has 0 aliphatic carbocycles. The second-order valence-electron chi connectivity index (χ2n) is 10.9. The number of carbonyl (C=O) groups is 1. The van der Waals surface area contributed by atoms with Crippen LogP contribution in [-0.4, -0.2) is 34.3 Å². The number of nitrogens with one attached hydrogen (secondary N) is 1. The van der Waals surface area contributed by atoms with Crippen LogP contribution in [0.1, 0.15) is 53.0 Å². The summed E-state index contributed by atoms with van der Waals surface area (Å²) in [7, 11) is -1.02. The second kappa shape index (κ2) is 10.3. The molecule has 1 unspecified atom stereocenters. The molecule has 4 heterocycles. The van der Waals surface area contributed by atoms with Crippen LogP contribution < -0.4 is 10.8 Å². The Hall–Kier alpha value is -3.58. The van der Waals surface area contributed by atoms with Gasteiger partial charge in [-0.3, -0.25) is 4.79 Å². The Morgan fingerprint density at radius 2 is 1.86 bits per heavy atom. The zero-order valence-electron chi connectivity index (χ0n) is 22.6. The number of oxime groups is 1. The molecular formula is C29H22BCl2F4N3O4. The van der Waals surface area contributed by atoms with E-state index in [0.717, 1.165) is 23.3 Å². The highest BCUT2D eigenvalue weighted by Gasteiger charge is 2.62. The minimum Gasteiger partial charge on any atom is -0.423 e. The van der Waals surface area contributed by atoms with E-state index in [0.29, 0.717) is 16.5 Å². The summed E-state index contributed by atoms with van der Waals surface area (Å²) in [6, 6.07) is 13.3. The third kappa shape index (κ3) is 4.86. The van der Waals surface area contributed by atoms with Crippen molar-refractivity contribution in [2.45, 2.75) is 44.2 Å². The number of nitrogens with zero attached hydrogens (tertiary/aromatic N) is 2. The molecule has 0 radical (unpaired) electrons. The van der Waals surface area contributed by atoms with Gasteiger partial charge in [0.2, 0.25) is 0 Å². The van der Waals surface area contributed by atoms with Crippen molar-refractivity contribution in [2.24, 2.45) is 5.16 Å². The number of pyridine rings is 1. The lowest BCUT2D eigenvalue weighted by molar-refractivity contribution is -0.275. The van der Waals surface area contributed by atoms with E-state index in [1.54, 1.807) is 34.9 Å². The van der Waals surface area contributed by atoms with Gasteiger partial charge in [-0.1, -0.05) is 46.6 Å². The number of hydrogen-bond donors (Lipinski definition) is 2. The quantitative estimate of drug-likeness (QED) is 0.164. The Bertz CT molecular complexity index is 1800. The number of alkyl halides is 3. The zero-order chi connectivity index (χ0) is 30.9. The van der Waals surface area contributed by atoms with Gasteiger partial charge in [-0.25, -0.2) is 4.39 Å². The largest absolute Gasteiger partial charge is 0.492 e. The van der Waals surface area contributed by atoms with E-state index >= 15 is 0 Å². The van der Waals surface area contributed by atoms with E-state index in [9.17, 15) is 27.4 Å². The summed E-state index contributed by atoms with van der Waals surface area (Å²) in [5.41, 5.74) is -0.902. The van der Waals surface area contributed by atoms with Gasteiger partial charge < -0.3 is 24.2 Å². The number of hydrogen-bond acceptors (Lipinski definition) is 5. The molecule has 222 valence electrons. The van der Waals surface area contributed by atoms with Crippen molar-refractivity contribution in [1.82, 2.24) is 9.72 Å². The van der Waals surface area contributed by atoms with Gasteiger partial charge in [0.05, 0.1) is 33.3 Å². The lowest BCUT2D eigenvalue weighted by Crippen LogP contribution is -2.42. The topological polar surface area (TPSA) is 84.6 Å². The van der Waals surface area contributed by atoms with E-state index in [1.165, 1.54) is 12.1 Å². The standard InChI is InChI=1S/C29H22BCl2F4N3O4/c1-27(2)18-10-15(5-7-19(18)30(41)42-27)14-37-26(40)24-8-6-17(23-4-3-9-39(23)24)22-13-28(43-38-22,29(34,35)36)16-11-20(31)25(33)21(32)12-16/h3-12,41H,13-14H2,1-2H3,(H,37,40). The fourth-order valence-corrected chi connectivity index (χ4v) is 6.02. The third-order valence-corrected chi connectivity index (χ3v) is 8.31. The highest BCUT2D eigenvalue weighted by atomic mass is 35.5. The molecule has 14 heteroatoms. The number of rotatable bonds is 5. The number of benzene rings is 2. The average Bonchev–Trinajstić information content (AvgIpc) is 3.66. The van der Waals surface area contributed by atoms with E-state index in [4.69, 9.17) is 32.7 Å². The lowest BCUT2D eigenvalue weighted by atomic mass is 9.78. The van der Waals surface area contributed by atoms with E-state index in [2.05, 4.69) is 10.5 Å². The molecule has 0 saturated carbocycles. The zero-order valence-corrected chi connectivity index (χ0v) is 24.1. The van der Waals surface area contributed by atoms with Crippen molar-refractivity contribution in [1.29, 1.82) is 0 Å². The Balaban J connectivity index is 1.26. The molecule has 4 aromatic rings. The van der Waals surface area contributed by atoms with Gasteiger partial charge in [-0.2, -0.15) is 13.2 Å². The molecule has 2 aliphatic rings. The minimum absolute atomic E-state index is 0.0327. The van der Waals surface area contributed by atoms with Crippen LogP contribution in [0.4, 0.5) is 17.6 Å². The first kappa shape index (κ1) is 29.5. The first-order valence-corrected chi connectivity index (χ1v) is 13.8. The van der Waals surface area contributed by atoms with Crippen LogP contribution in [0.5, 0.6) is 0 Å². The molecule has 0 saturated heterocycles. The number of halogens is 6. The van der Waals surface area contributed by atoms with Gasteiger partial charge in [0, 0.05) is 23.9 Å². The predicted octanol–water partition coefficient (Wildman–Crippen LogP) is 5.85. The average molecular weight is 634 g/mol. The van der Waals surface area contributed by atoms with Crippen molar-refractivity contribution in [2.75, 3.05) is 0 Å². The summed E-state index contributed by atoms with van der Waals surface area (Å²) < 4.78 is 64.6. The predicted molar refractivity (Wildman–Crippen MR) is 153 cm³/mol. The maximum absolute atomic E-state index is 14.5. The Morgan fingerprint density at radius 3 is 2.56 bits per heavy atom. The maximum atomic E-state index is 14.5. The second-order valence-corrected chi connectivity index (χ2v) is 11.7. The van der Waals surface area contributed by atoms with Crippen LogP contribution in [0.15, 0.2) is 65.9 Å². The van der Waals surface area contributed by atoms with Crippen molar-refractivity contribution in [3.8, 4) is 0 Å². The van der Waals surface area contributed by atoms with Gasteiger partial charge in [0.1, 0.15) is 5.69 Å². The van der Waals surface area contributed by atoms with Crippen LogP contribution >= 0.6 is 23.2 Å². The highest BCUT2D eigenvalue weighted by Crippen LogP contribution is 2.50. The summed E-state index contributed by atoms with van der Waals surface area (Å²) in [5.74, 6) is -1.46. The SMILES string of the molecule is CC1(C)OB(O)c2ccc(CNC(=O)c3ccc(C4=NOC(c5cc(Cl)c(F)c(Cl)c5)(C(F)(F)F)C4)c4cccn34)cc21. The molecule has 0 spiro atoms. The minimum atomic E-state index is -4.96. The van der Waals surface area contributed by atoms with Crippen LogP contribution in [0, 0.1) is 5.82 Å². The summed E-state index contributed by atoms with van der Waals surface area (Å²) in [4.78, 5) is 18.3. The molecule has 7 nitrogen and oxygen atoms in total. The molecule has 1 amide bonds. The molecule has 2 aromatic carbocycles. The first-order chi connectivity index (χ1) is 20.2.